The summed E-state index contributed by atoms with van der Waals surface area (Å²) in [5.41, 5.74) is 3.32. The van der Waals surface area contributed by atoms with Gasteiger partial charge in [0.1, 0.15) is 0 Å². The molecule has 4 heteroatoms. The molecule has 29 heavy (non-hydrogen) atoms. The summed E-state index contributed by atoms with van der Waals surface area (Å²) in [5, 5.41) is 5.53. The fourth-order valence-corrected chi connectivity index (χ4v) is 3.30. The first kappa shape index (κ1) is 20.3. The third kappa shape index (κ3) is 5.79. The third-order valence-electron chi connectivity index (χ3n) is 5.01. The second kappa shape index (κ2) is 10.2. The van der Waals surface area contributed by atoms with Gasteiger partial charge in [-0.25, -0.2) is 0 Å². The van der Waals surface area contributed by atoms with Gasteiger partial charge in [-0.05, 0) is 22.6 Å². The molecule has 2 N–H and O–H groups in total. The van der Waals surface area contributed by atoms with E-state index in [1.54, 1.807) is 0 Å². The molecule has 0 radical (unpaired) electrons. The Kier molecular flexibility index (Phi) is 7.17. The lowest BCUT2D eigenvalue weighted by atomic mass is 9.91. The average molecular weight is 386 g/mol. The molecule has 0 fully saturated rings. The molecule has 148 valence electrons. The van der Waals surface area contributed by atoms with Crippen molar-refractivity contribution in [2.45, 2.75) is 18.8 Å². The minimum absolute atomic E-state index is 0.0163. The van der Waals surface area contributed by atoms with Crippen LogP contribution in [0.15, 0.2) is 91.0 Å². The molecule has 3 aromatic carbocycles. The second-order valence-corrected chi connectivity index (χ2v) is 7.11. The van der Waals surface area contributed by atoms with Crippen LogP contribution in [0.2, 0.25) is 0 Å². The number of carbonyl (C=O) groups excluding carboxylic acids is 2. The Balaban J connectivity index is 1.57. The fraction of sp³-hybridized carbons (Fsp3) is 0.200. The quantitative estimate of drug-likeness (QED) is 0.606. The van der Waals surface area contributed by atoms with E-state index in [0.29, 0.717) is 13.1 Å². The molecule has 0 heterocycles. The molecule has 0 saturated heterocycles. The van der Waals surface area contributed by atoms with Gasteiger partial charge in [0, 0.05) is 19.0 Å². The molecule has 2 amide bonds. The van der Waals surface area contributed by atoms with E-state index in [-0.39, 0.29) is 11.8 Å². The lowest BCUT2D eigenvalue weighted by molar-refractivity contribution is -0.139. The highest BCUT2D eigenvalue weighted by atomic mass is 16.2. The highest BCUT2D eigenvalue weighted by Gasteiger charge is 2.19. The van der Waals surface area contributed by atoms with Gasteiger partial charge in [0.2, 0.25) is 0 Å². The van der Waals surface area contributed by atoms with Gasteiger partial charge in [-0.1, -0.05) is 97.9 Å². The summed E-state index contributed by atoms with van der Waals surface area (Å²) in [6.45, 7) is 2.79. The maximum absolute atomic E-state index is 12.3. The maximum Gasteiger partial charge on any atom is 0.309 e. The summed E-state index contributed by atoms with van der Waals surface area (Å²) in [5.74, 6) is -1.10. The number of nitrogens with one attached hydrogen (secondary N) is 2. The second-order valence-electron chi connectivity index (χ2n) is 7.11. The monoisotopic (exact) mass is 386 g/mol. The molecule has 0 unspecified atom stereocenters. The number of carbonyl (C=O) groups is 2. The van der Waals surface area contributed by atoms with Gasteiger partial charge < -0.3 is 10.6 Å². The molecular weight excluding hydrogens is 360 g/mol. The molecule has 3 rings (SSSR count). The van der Waals surface area contributed by atoms with Crippen LogP contribution in [-0.4, -0.2) is 24.9 Å². The van der Waals surface area contributed by atoms with Crippen molar-refractivity contribution in [2.75, 3.05) is 13.1 Å². The van der Waals surface area contributed by atoms with Gasteiger partial charge in [-0.2, -0.15) is 0 Å². The van der Waals surface area contributed by atoms with E-state index in [4.69, 9.17) is 0 Å². The fourth-order valence-electron chi connectivity index (χ4n) is 3.30. The number of rotatable bonds is 7. The lowest BCUT2D eigenvalue weighted by Gasteiger charge is -2.19. The molecule has 4 nitrogen and oxygen atoms in total. The standard InChI is InChI=1S/C25H26N2O2/c1-19(20-11-5-2-6-12-20)17-26-24(28)25(29)27-18-23(21-13-7-3-8-14-21)22-15-9-4-10-16-22/h2-16,19,23H,17-18H2,1H3,(H,26,28)(H,27,29)/t19-/m0/s1. The Morgan fingerprint density at radius 3 is 1.45 bits per heavy atom. The van der Waals surface area contributed by atoms with Crippen LogP contribution in [0, 0.1) is 0 Å². The van der Waals surface area contributed by atoms with Crippen LogP contribution in [0.25, 0.3) is 0 Å². The molecule has 0 bridgehead atoms. The Morgan fingerprint density at radius 2 is 1.00 bits per heavy atom. The Hall–Kier alpha value is -3.40. The smallest absolute Gasteiger partial charge is 0.309 e. The Bertz CT molecular complexity index is 872. The number of amides is 2. The molecule has 0 aliphatic heterocycles. The van der Waals surface area contributed by atoms with Crippen molar-refractivity contribution in [3.05, 3.63) is 108 Å². The minimum Gasteiger partial charge on any atom is -0.347 e. The van der Waals surface area contributed by atoms with Gasteiger partial charge in [0.15, 0.2) is 0 Å². The van der Waals surface area contributed by atoms with E-state index in [0.717, 1.165) is 16.7 Å². The van der Waals surface area contributed by atoms with E-state index in [1.165, 1.54) is 0 Å². The first-order valence-electron chi connectivity index (χ1n) is 9.86. The van der Waals surface area contributed by atoms with Crippen LogP contribution < -0.4 is 10.6 Å². The van der Waals surface area contributed by atoms with E-state index in [9.17, 15) is 9.59 Å². The third-order valence-corrected chi connectivity index (χ3v) is 5.01. The van der Waals surface area contributed by atoms with Crippen molar-refractivity contribution in [1.82, 2.24) is 10.6 Å². The summed E-state index contributed by atoms with van der Waals surface area (Å²) in [4.78, 5) is 24.6. The van der Waals surface area contributed by atoms with E-state index in [2.05, 4.69) is 10.6 Å². The van der Waals surface area contributed by atoms with Crippen molar-refractivity contribution in [3.8, 4) is 0 Å². The summed E-state index contributed by atoms with van der Waals surface area (Å²) in [6, 6.07) is 29.9. The van der Waals surface area contributed by atoms with Crippen LogP contribution in [0.3, 0.4) is 0 Å². The zero-order valence-electron chi connectivity index (χ0n) is 16.5. The SMILES string of the molecule is C[C@@H](CNC(=O)C(=O)NCC(c1ccccc1)c1ccccc1)c1ccccc1. The largest absolute Gasteiger partial charge is 0.347 e. The van der Waals surface area contributed by atoms with Crippen molar-refractivity contribution in [1.29, 1.82) is 0 Å². The van der Waals surface area contributed by atoms with E-state index >= 15 is 0 Å². The van der Waals surface area contributed by atoms with Crippen LogP contribution in [0.4, 0.5) is 0 Å². The minimum atomic E-state index is -0.609. The predicted molar refractivity (Wildman–Crippen MR) is 116 cm³/mol. The van der Waals surface area contributed by atoms with Crippen LogP contribution in [0.1, 0.15) is 35.4 Å². The van der Waals surface area contributed by atoms with E-state index in [1.807, 2.05) is 97.9 Å². The number of hydrogen-bond acceptors (Lipinski definition) is 2. The van der Waals surface area contributed by atoms with Gasteiger partial charge in [-0.15, -0.1) is 0 Å². The summed E-state index contributed by atoms with van der Waals surface area (Å²) >= 11 is 0. The molecule has 0 aliphatic rings. The molecule has 0 aliphatic carbocycles. The van der Waals surface area contributed by atoms with Crippen molar-refractivity contribution in [3.63, 3.8) is 0 Å². The number of benzene rings is 3. The van der Waals surface area contributed by atoms with Crippen molar-refractivity contribution >= 4 is 11.8 Å². The highest BCUT2D eigenvalue weighted by molar-refractivity contribution is 6.35. The zero-order chi connectivity index (χ0) is 20.5. The Morgan fingerprint density at radius 1 is 0.621 bits per heavy atom. The van der Waals surface area contributed by atoms with Crippen LogP contribution in [0.5, 0.6) is 0 Å². The zero-order valence-corrected chi connectivity index (χ0v) is 16.5. The molecule has 3 aromatic rings. The van der Waals surface area contributed by atoms with Crippen LogP contribution in [-0.2, 0) is 9.59 Å². The van der Waals surface area contributed by atoms with Crippen molar-refractivity contribution in [2.24, 2.45) is 0 Å². The van der Waals surface area contributed by atoms with E-state index < -0.39 is 11.8 Å². The molecular formula is C25H26N2O2. The molecule has 0 aromatic heterocycles. The first-order chi connectivity index (χ1) is 14.1. The summed E-state index contributed by atoms with van der Waals surface area (Å²) in [6.07, 6.45) is 0. The molecule has 0 saturated carbocycles. The molecule has 0 spiro atoms. The topological polar surface area (TPSA) is 58.2 Å². The highest BCUT2D eigenvalue weighted by Crippen LogP contribution is 2.23. The van der Waals surface area contributed by atoms with Gasteiger partial charge in [0.25, 0.3) is 0 Å². The Labute approximate surface area is 172 Å². The predicted octanol–water partition coefficient (Wildman–Crippen LogP) is 3.85. The summed E-state index contributed by atoms with van der Waals surface area (Å²) in [7, 11) is 0. The normalized spacial score (nSPS) is 11.7. The van der Waals surface area contributed by atoms with Gasteiger partial charge >= 0.3 is 11.8 Å². The van der Waals surface area contributed by atoms with Crippen LogP contribution >= 0.6 is 0 Å². The van der Waals surface area contributed by atoms with Gasteiger partial charge in [-0.3, -0.25) is 9.59 Å². The lowest BCUT2D eigenvalue weighted by Crippen LogP contribution is -2.42. The summed E-state index contributed by atoms with van der Waals surface area (Å²) < 4.78 is 0. The molecule has 1 atom stereocenters. The average Bonchev–Trinajstić information content (AvgIpc) is 2.79. The maximum atomic E-state index is 12.3. The first-order valence-corrected chi connectivity index (χ1v) is 9.86. The number of hydrogen-bond donors (Lipinski definition) is 2. The van der Waals surface area contributed by atoms with Gasteiger partial charge in [0.05, 0.1) is 0 Å². The van der Waals surface area contributed by atoms with Crippen molar-refractivity contribution < 1.29 is 9.59 Å².